The standard InChI is InChI=1S/C20H20N2O2S2/c1-13-4-8-15(9-5-13)18(23)19(16-10-6-14(2)7-11-16)26-20-22-21-17(24-20)12-25-3/h4-11,19H,12H2,1-3H3. The average molecular weight is 385 g/mol. The smallest absolute Gasteiger partial charge is 0.277 e. The first-order valence-corrected chi connectivity index (χ1v) is 10.5. The summed E-state index contributed by atoms with van der Waals surface area (Å²) >= 11 is 2.92. The molecule has 0 fully saturated rings. The lowest BCUT2D eigenvalue weighted by Gasteiger charge is -2.14. The van der Waals surface area contributed by atoms with E-state index in [9.17, 15) is 4.79 Å². The molecule has 0 saturated heterocycles. The maximum absolute atomic E-state index is 13.2. The fraction of sp³-hybridized carbons (Fsp3) is 0.250. The predicted octanol–water partition coefficient (Wildman–Crippen LogP) is 5.27. The number of hydrogen-bond donors (Lipinski definition) is 0. The summed E-state index contributed by atoms with van der Waals surface area (Å²) in [6.45, 7) is 4.03. The Morgan fingerprint density at radius 2 is 1.62 bits per heavy atom. The van der Waals surface area contributed by atoms with E-state index < -0.39 is 5.25 Å². The molecular formula is C20H20N2O2S2. The zero-order valence-electron chi connectivity index (χ0n) is 14.9. The molecular weight excluding hydrogens is 364 g/mol. The maximum Gasteiger partial charge on any atom is 0.277 e. The number of nitrogens with zero attached hydrogens (tertiary/aromatic N) is 2. The van der Waals surface area contributed by atoms with Crippen LogP contribution >= 0.6 is 23.5 Å². The van der Waals surface area contributed by atoms with Gasteiger partial charge in [0.05, 0.1) is 5.75 Å². The van der Waals surface area contributed by atoms with Gasteiger partial charge in [0.2, 0.25) is 5.89 Å². The van der Waals surface area contributed by atoms with Crippen LogP contribution in [-0.4, -0.2) is 22.2 Å². The van der Waals surface area contributed by atoms with Crippen LogP contribution in [0.4, 0.5) is 0 Å². The predicted molar refractivity (Wildman–Crippen MR) is 107 cm³/mol. The molecule has 0 spiro atoms. The molecule has 2 aromatic carbocycles. The van der Waals surface area contributed by atoms with Crippen molar-refractivity contribution in [2.75, 3.05) is 6.26 Å². The normalized spacial score (nSPS) is 12.1. The van der Waals surface area contributed by atoms with E-state index in [1.165, 1.54) is 11.8 Å². The minimum atomic E-state index is -0.430. The molecule has 1 atom stereocenters. The molecule has 0 radical (unpaired) electrons. The topological polar surface area (TPSA) is 56.0 Å². The van der Waals surface area contributed by atoms with Gasteiger partial charge in [-0.2, -0.15) is 11.8 Å². The number of ketones is 1. The first kappa shape index (κ1) is 18.7. The second-order valence-electron chi connectivity index (χ2n) is 6.03. The van der Waals surface area contributed by atoms with Crippen LogP contribution in [0, 0.1) is 13.8 Å². The van der Waals surface area contributed by atoms with Crippen LogP contribution in [0.25, 0.3) is 0 Å². The van der Waals surface area contributed by atoms with Gasteiger partial charge in [-0.3, -0.25) is 4.79 Å². The first-order chi connectivity index (χ1) is 12.6. The van der Waals surface area contributed by atoms with Crippen molar-refractivity contribution in [1.29, 1.82) is 0 Å². The van der Waals surface area contributed by atoms with Crippen LogP contribution < -0.4 is 0 Å². The Morgan fingerprint density at radius 1 is 1.00 bits per heavy atom. The Bertz CT molecular complexity index is 874. The van der Waals surface area contributed by atoms with Crippen molar-refractivity contribution in [3.05, 3.63) is 76.7 Å². The summed E-state index contributed by atoms with van der Waals surface area (Å²) in [5.74, 6) is 1.27. The van der Waals surface area contributed by atoms with E-state index in [4.69, 9.17) is 4.42 Å². The van der Waals surface area contributed by atoms with Gasteiger partial charge >= 0.3 is 0 Å². The van der Waals surface area contributed by atoms with Crippen LogP contribution in [0.5, 0.6) is 0 Å². The second kappa shape index (κ2) is 8.56. The molecule has 26 heavy (non-hydrogen) atoms. The number of carbonyl (C=O) groups is 1. The van der Waals surface area contributed by atoms with Crippen molar-refractivity contribution in [3.8, 4) is 0 Å². The summed E-state index contributed by atoms with van der Waals surface area (Å²) in [6.07, 6.45) is 1.98. The highest BCUT2D eigenvalue weighted by atomic mass is 32.2. The van der Waals surface area contributed by atoms with E-state index in [-0.39, 0.29) is 5.78 Å². The molecule has 1 heterocycles. The molecule has 134 valence electrons. The second-order valence-corrected chi connectivity index (χ2v) is 7.96. The molecule has 0 aliphatic rings. The summed E-state index contributed by atoms with van der Waals surface area (Å²) in [4.78, 5) is 13.2. The lowest BCUT2D eigenvalue weighted by Crippen LogP contribution is -2.10. The number of aromatic nitrogens is 2. The number of Topliss-reactive ketones (excluding diaryl/α,β-unsaturated/α-hetero) is 1. The van der Waals surface area contributed by atoms with E-state index in [0.717, 1.165) is 16.7 Å². The molecule has 4 nitrogen and oxygen atoms in total. The van der Waals surface area contributed by atoms with Crippen LogP contribution in [0.15, 0.2) is 58.2 Å². The summed E-state index contributed by atoms with van der Waals surface area (Å²) in [7, 11) is 0. The third-order valence-corrected chi connectivity index (χ3v) is 5.51. The highest BCUT2D eigenvalue weighted by molar-refractivity contribution is 8.00. The van der Waals surface area contributed by atoms with Gasteiger partial charge in [-0.15, -0.1) is 10.2 Å². The zero-order valence-corrected chi connectivity index (χ0v) is 16.6. The number of benzene rings is 2. The molecule has 0 N–H and O–H groups in total. The van der Waals surface area contributed by atoms with Gasteiger partial charge in [-0.25, -0.2) is 0 Å². The number of aryl methyl sites for hydroxylation is 2. The molecule has 1 unspecified atom stereocenters. The van der Waals surface area contributed by atoms with Crippen molar-refractivity contribution in [2.24, 2.45) is 0 Å². The Labute approximate surface area is 161 Å². The molecule has 0 amide bonds. The first-order valence-electron chi connectivity index (χ1n) is 8.22. The van der Waals surface area contributed by atoms with Gasteiger partial charge in [-0.1, -0.05) is 59.7 Å². The number of carbonyl (C=O) groups excluding carboxylic acids is 1. The van der Waals surface area contributed by atoms with Gasteiger partial charge in [0, 0.05) is 5.56 Å². The molecule has 6 heteroatoms. The van der Waals surface area contributed by atoms with Crippen LogP contribution in [0.1, 0.15) is 38.2 Å². The molecule has 0 aliphatic heterocycles. The Hall–Kier alpha value is -2.05. The molecule has 1 aromatic heterocycles. The largest absolute Gasteiger partial charge is 0.415 e. The van der Waals surface area contributed by atoms with Crippen molar-refractivity contribution in [1.82, 2.24) is 10.2 Å². The third-order valence-electron chi connectivity index (χ3n) is 3.89. The number of hydrogen-bond acceptors (Lipinski definition) is 6. The maximum atomic E-state index is 13.2. The van der Waals surface area contributed by atoms with Crippen LogP contribution in [-0.2, 0) is 5.75 Å². The Balaban J connectivity index is 1.91. The molecule has 3 rings (SSSR count). The zero-order chi connectivity index (χ0) is 18.5. The third kappa shape index (κ3) is 4.56. The van der Waals surface area contributed by atoms with Crippen molar-refractivity contribution >= 4 is 29.3 Å². The lowest BCUT2D eigenvalue weighted by molar-refractivity contribution is 0.0989. The van der Waals surface area contributed by atoms with Crippen LogP contribution in [0.2, 0.25) is 0 Å². The van der Waals surface area contributed by atoms with E-state index in [1.807, 2.05) is 68.6 Å². The number of thioether (sulfide) groups is 2. The summed E-state index contributed by atoms with van der Waals surface area (Å²) < 4.78 is 5.67. The quantitative estimate of drug-likeness (QED) is 0.409. The Kier molecular flexibility index (Phi) is 6.16. The van der Waals surface area contributed by atoms with Crippen LogP contribution in [0.3, 0.4) is 0 Å². The van der Waals surface area contributed by atoms with Crippen molar-refractivity contribution in [2.45, 2.75) is 30.1 Å². The van der Waals surface area contributed by atoms with Crippen molar-refractivity contribution < 1.29 is 9.21 Å². The SMILES string of the molecule is CSCc1nnc(SC(C(=O)c2ccc(C)cc2)c2ccc(C)cc2)o1. The molecule has 0 aliphatic carbocycles. The van der Waals surface area contributed by atoms with E-state index in [2.05, 4.69) is 10.2 Å². The lowest BCUT2D eigenvalue weighted by atomic mass is 10.0. The van der Waals surface area contributed by atoms with Gasteiger partial charge in [0.1, 0.15) is 5.25 Å². The number of rotatable bonds is 7. The summed E-state index contributed by atoms with van der Waals surface area (Å²) in [5, 5.41) is 8.12. The minimum Gasteiger partial charge on any atom is -0.415 e. The molecule has 0 saturated carbocycles. The molecule has 0 bridgehead atoms. The van der Waals surface area contributed by atoms with E-state index in [0.29, 0.717) is 22.4 Å². The highest BCUT2D eigenvalue weighted by Crippen LogP contribution is 2.37. The van der Waals surface area contributed by atoms with E-state index >= 15 is 0 Å². The molecule has 3 aromatic rings. The average Bonchev–Trinajstić information content (AvgIpc) is 3.08. The fourth-order valence-electron chi connectivity index (χ4n) is 2.45. The van der Waals surface area contributed by atoms with Crippen molar-refractivity contribution in [3.63, 3.8) is 0 Å². The minimum absolute atomic E-state index is 0.0310. The monoisotopic (exact) mass is 384 g/mol. The van der Waals surface area contributed by atoms with Gasteiger partial charge < -0.3 is 4.42 Å². The van der Waals surface area contributed by atoms with Gasteiger partial charge in [0.15, 0.2) is 5.78 Å². The summed E-state index contributed by atoms with van der Waals surface area (Å²) in [6, 6.07) is 15.6. The fourth-order valence-corrected chi connectivity index (χ4v) is 3.79. The summed E-state index contributed by atoms with van der Waals surface area (Å²) in [5.41, 5.74) is 3.88. The Morgan fingerprint density at radius 3 is 2.23 bits per heavy atom. The van der Waals surface area contributed by atoms with Gasteiger partial charge in [-0.05, 0) is 37.4 Å². The van der Waals surface area contributed by atoms with Gasteiger partial charge in [0.25, 0.3) is 5.22 Å². The van der Waals surface area contributed by atoms with E-state index in [1.54, 1.807) is 11.8 Å². The highest BCUT2D eigenvalue weighted by Gasteiger charge is 2.26.